The van der Waals surface area contributed by atoms with Gasteiger partial charge >= 0.3 is 5.97 Å². The molecule has 0 aromatic heterocycles. The number of carbonyl (C=O) groups is 2. The number of amides is 1. The Hall–Kier alpha value is -1.32. The summed E-state index contributed by atoms with van der Waals surface area (Å²) in [7, 11) is 1.31. The van der Waals surface area contributed by atoms with Gasteiger partial charge in [-0.25, -0.2) is 4.79 Å². The SMILES string of the molecule is C=C(C)C(=O)NC(CC(C)C)C(=O)OC. The Morgan fingerprint density at radius 1 is 1.40 bits per heavy atom. The van der Waals surface area contributed by atoms with Crippen LogP contribution in [0.25, 0.3) is 0 Å². The highest BCUT2D eigenvalue weighted by Gasteiger charge is 2.22. The summed E-state index contributed by atoms with van der Waals surface area (Å²) >= 11 is 0. The second-order valence-electron chi connectivity index (χ2n) is 3.96. The number of carbonyl (C=O) groups excluding carboxylic acids is 2. The Morgan fingerprint density at radius 3 is 2.27 bits per heavy atom. The molecule has 15 heavy (non-hydrogen) atoms. The fourth-order valence-electron chi connectivity index (χ4n) is 1.11. The number of hydrogen-bond donors (Lipinski definition) is 1. The van der Waals surface area contributed by atoms with E-state index in [9.17, 15) is 9.59 Å². The van der Waals surface area contributed by atoms with Crippen molar-refractivity contribution in [3.05, 3.63) is 12.2 Å². The summed E-state index contributed by atoms with van der Waals surface area (Å²) in [6, 6.07) is -0.584. The Balaban J connectivity index is 4.44. The summed E-state index contributed by atoms with van der Waals surface area (Å²) in [6.07, 6.45) is 0.561. The molecule has 0 saturated heterocycles. The molecular formula is C11H19NO3. The molecule has 0 aliphatic rings. The third-order valence-electron chi connectivity index (χ3n) is 1.89. The van der Waals surface area contributed by atoms with Crippen LogP contribution in [0.5, 0.6) is 0 Å². The van der Waals surface area contributed by atoms with Gasteiger partial charge in [0.1, 0.15) is 6.04 Å². The summed E-state index contributed by atoms with van der Waals surface area (Å²) in [5.41, 5.74) is 0.382. The number of methoxy groups -OCH3 is 1. The molecule has 0 bridgehead atoms. The number of hydrogen-bond acceptors (Lipinski definition) is 3. The normalized spacial score (nSPS) is 12.1. The predicted molar refractivity (Wildman–Crippen MR) is 58.2 cm³/mol. The zero-order valence-corrected chi connectivity index (χ0v) is 9.79. The van der Waals surface area contributed by atoms with Crippen molar-refractivity contribution >= 4 is 11.9 Å². The lowest BCUT2D eigenvalue weighted by Crippen LogP contribution is -2.42. The van der Waals surface area contributed by atoms with Crippen LogP contribution in [0.1, 0.15) is 27.2 Å². The summed E-state index contributed by atoms with van der Waals surface area (Å²) in [5.74, 6) is -0.427. The highest BCUT2D eigenvalue weighted by molar-refractivity contribution is 5.95. The Labute approximate surface area is 90.7 Å². The van der Waals surface area contributed by atoms with Crippen LogP contribution < -0.4 is 5.32 Å². The van der Waals surface area contributed by atoms with Gasteiger partial charge in [0.25, 0.3) is 0 Å². The fourth-order valence-corrected chi connectivity index (χ4v) is 1.11. The van der Waals surface area contributed by atoms with Crippen molar-refractivity contribution in [1.29, 1.82) is 0 Å². The minimum atomic E-state index is -0.584. The lowest BCUT2D eigenvalue weighted by atomic mass is 10.0. The van der Waals surface area contributed by atoms with Crippen molar-refractivity contribution < 1.29 is 14.3 Å². The van der Waals surface area contributed by atoms with Crippen molar-refractivity contribution in [2.45, 2.75) is 33.2 Å². The summed E-state index contributed by atoms with van der Waals surface area (Å²) in [4.78, 5) is 22.7. The molecule has 0 aromatic carbocycles. The number of ether oxygens (including phenoxy) is 1. The second kappa shape index (κ2) is 6.22. The predicted octanol–water partition coefficient (Wildman–Crippen LogP) is 1.27. The molecule has 4 heteroatoms. The van der Waals surface area contributed by atoms with E-state index in [-0.39, 0.29) is 5.91 Å². The maximum atomic E-state index is 11.3. The first-order valence-electron chi connectivity index (χ1n) is 4.92. The first kappa shape index (κ1) is 13.7. The minimum Gasteiger partial charge on any atom is -0.467 e. The van der Waals surface area contributed by atoms with Gasteiger partial charge < -0.3 is 10.1 Å². The van der Waals surface area contributed by atoms with Crippen molar-refractivity contribution in [2.75, 3.05) is 7.11 Å². The van der Waals surface area contributed by atoms with Gasteiger partial charge in [-0.2, -0.15) is 0 Å². The van der Waals surface area contributed by atoms with Crippen LogP contribution >= 0.6 is 0 Å². The first-order valence-corrected chi connectivity index (χ1v) is 4.92. The van der Waals surface area contributed by atoms with Crippen molar-refractivity contribution in [1.82, 2.24) is 5.32 Å². The second-order valence-corrected chi connectivity index (χ2v) is 3.96. The lowest BCUT2D eigenvalue weighted by Gasteiger charge is -2.18. The third kappa shape index (κ3) is 5.20. The van der Waals surface area contributed by atoms with E-state index in [4.69, 9.17) is 0 Å². The summed E-state index contributed by atoms with van der Waals surface area (Å²) < 4.78 is 4.61. The van der Waals surface area contributed by atoms with Crippen LogP contribution in [0.15, 0.2) is 12.2 Å². The fraction of sp³-hybridized carbons (Fsp3) is 0.636. The van der Waals surface area contributed by atoms with Gasteiger partial charge in [0.15, 0.2) is 0 Å². The Morgan fingerprint density at radius 2 is 1.93 bits per heavy atom. The zero-order chi connectivity index (χ0) is 12.0. The molecule has 0 radical (unpaired) electrons. The molecule has 0 aromatic rings. The molecule has 86 valence electrons. The van der Waals surface area contributed by atoms with E-state index in [0.717, 1.165) is 0 Å². The monoisotopic (exact) mass is 213 g/mol. The number of nitrogens with one attached hydrogen (secondary N) is 1. The van der Waals surface area contributed by atoms with Crippen LogP contribution in [0.2, 0.25) is 0 Å². The summed E-state index contributed by atoms with van der Waals surface area (Å²) in [5, 5.41) is 2.59. The first-order chi connectivity index (χ1) is 6.88. The van der Waals surface area contributed by atoms with Gasteiger partial charge in [0, 0.05) is 5.57 Å². The standard InChI is InChI=1S/C11H19NO3/c1-7(2)6-9(11(14)15-5)12-10(13)8(3)4/h7,9H,3,6H2,1-2,4-5H3,(H,12,13). The molecule has 4 nitrogen and oxygen atoms in total. The van der Waals surface area contributed by atoms with Gasteiger partial charge in [-0.3, -0.25) is 4.79 Å². The van der Waals surface area contributed by atoms with E-state index in [1.165, 1.54) is 7.11 Å². The summed E-state index contributed by atoms with van der Waals surface area (Å²) in [6.45, 7) is 9.05. The number of esters is 1. The topological polar surface area (TPSA) is 55.4 Å². The Bertz CT molecular complexity index is 259. The van der Waals surface area contributed by atoms with Gasteiger partial charge in [-0.1, -0.05) is 20.4 Å². The quantitative estimate of drug-likeness (QED) is 0.552. The highest BCUT2D eigenvalue weighted by atomic mass is 16.5. The molecular weight excluding hydrogens is 194 g/mol. The molecule has 0 rings (SSSR count). The molecule has 0 aliphatic heterocycles. The number of rotatable bonds is 5. The van der Waals surface area contributed by atoms with Crippen molar-refractivity contribution in [2.24, 2.45) is 5.92 Å². The molecule has 1 amide bonds. The van der Waals surface area contributed by atoms with Crippen LogP contribution in [0, 0.1) is 5.92 Å². The molecule has 1 N–H and O–H groups in total. The van der Waals surface area contributed by atoms with E-state index in [2.05, 4.69) is 16.6 Å². The van der Waals surface area contributed by atoms with Crippen molar-refractivity contribution in [3.8, 4) is 0 Å². The third-order valence-corrected chi connectivity index (χ3v) is 1.89. The van der Waals surface area contributed by atoms with Crippen LogP contribution in [-0.4, -0.2) is 25.0 Å². The van der Waals surface area contributed by atoms with Gasteiger partial charge in [-0.15, -0.1) is 0 Å². The van der Waals surface area contributed by atoms with Gasteiger partial charge in [0.05, 0.1) is 7.11 Å². The molecule has 1 unspecified atom stereocenters. The maximum Gasteiger partial charge on any atom is 0.328 e. The van der Waals surface area contributed by atoms with Crippen LogP contribution in [0.3, 0.4) is 0 Å². The van der Waals surface area contributed by atoms with Crippen LogP contribution in [0.4, 0.5) is 0 Å². The smallest absolute Gasteiger partial charge is 0.328 e. The maximum absolute atomic E-state index is 11.3. The van der Waals surface area contributed by atoms with E-state index >= 15 is 0 Å². The average molecular weight is 213 g/mol. The van der Waals surface area contributed by atoms with Gasteiger partial charge in [0.2, 0.25) is 5.91 Å². The van der Waals surface area contributed by atoms with Crippen molar-refractivity contribution in [3.63, 3.8) is 0 Å². The lowest BCUT2D eigenvalue weighted by molar-refractivity contribution is -0.145. The largest absolute Gasteiger partial charge is 0.467 e. The molecule has 0 aliphatic carbocycles. The molecule has 0 saturated carbocycles. The highest BCUT2D eigenvalue weighted by Crippen LogP contribution is 2.06. The van der Waals surface area contributed by atoms with E-state index in [1.54, 1.807) is 6.92 Å². The zero-order valence-electron chi connectivity index (χ0n) is 9.79. The van der Waals surface area contributed by atoms with E-state index < -0.39 is 12.0 Å². The van der Waals surface area contributed by atoms with Crippen LogP contribution in [-0.2, 0) is 14.3 Å². The minimum absolute atomic E-state index is 0.305. The van der Waals surface area contributed by atoms with Gasteiger partial charge in [-0.05, 0) is 19.3 Å². The molecule has 0 fully saturated rings. The van der Waals surface area contributed by atoms with E-state index in [0.29, 0.717) is 17.9 Å². The Kier molecular flexibility index (Phi) is 5.67. The van der Waals surface area contributed by atoms with E-state index in [1.807, 2.05) is 13.8 Å². The molecule has 0 heterocycles. The molecule has 1 atom stereocenters. The average Bonchev–Trinajstić information content (AvgIpc) is 2.14. The molecule has 0 spiro atoms.